The average Bonchev–Trinajstić information content (AvgIpc) is 3.43. The third kappa shape index (κ3) is 6.12. The molecule has 0 saturated heterocycles. The molecule has 6 aromatic rings. The number of fused-ring (bicyclic) bond motifs is 3. The van der Waals surface area contributed by atoms with E-state index in [0.717, 1.165) is 49.8 Å². The SMILES string of the molecule is COc1ccc(C(=O)N[C@@H](CSCc2ccc(-c3ccc(-c4cccc5oc6ccccc6c45)cc3)cc2)C(=O)O)cc1. The van der Waals surface area contributed by atoms with E-state index in [2.05, 4.69) is 66.0 Å². The van der Waals surface area contributed by atoms with Crippen LogP contribution in [-0.2, 0) is 10.5 Å². The molecule has 0 fully saturated rings. The predicted molar refractivity (Wildman–Crippen MR) is 173 cm³/mol. The van der Waals surface area contributed by atoms with Gasteiger partial charge in [-0.3, -0.25) is 4.79 Å². The minimum atomic E-state index is -1.06. The number of amides is 1. The topological polar surface area (TPSA) is 88.8 Å². The van der Waals surface area contributed by atoms with Crippen LogP contribution in [0.15, 0.2) is 120 Å². The zero-order valence-electron chi connectivity index (χ0n) is 23.4. The Hall–Kier alpha value is -5.01. The summed E-state index contributed by atoms with van der Waals surface area (Å²) in [7, 11) is 1.55. The number of nitrogens with one attached hydrogen (secondary N) is 1. The van der Waals surface area contributed by atoms with Gasteiger partial charge < -0.3 is 19.6 Å². The highest BCUT2D eigenvalue weighted by Gasteiger charge is 2.21. The Morgan fingerprint density at radius 1 is 0.791 bits per heavy atom. The number of hydrogen-bond acceptors (Lipinski definition) is 5. The van der Waals surface area contributed by atoms with E-state index in [4.69, 9.17) is 9.15 Å². The van der Waals surface area contributed by atoms with E-state index in [1.807, 2.05) is 30.3 Å². The molecule has 214 valence electrons. The quantitative estimate of drug-likeness (QED) is 0.169. The van der Waals surface area contributed by atoms with Crippen LogP contribution in [0.1, 0.15) is 15.9 Å². The Bertz CT molecular complexity index is 1890. The summed E-state index contributed by atoms with van der Waals surface area (Å²) >= 11 is 1.47. The van der Waals surface area contributed by atoms with Gasteiger partial charge in [-0.1, -0.05) is 78.9 Å². The number of methoxy groups -OCH3 is 1. The highest BCUT2D eigenvalue weighted by atomic mass is 32.2. The van der Waals surface area contributed by atoms with E-state index in [1.165, 1.54) is 11.8 Å². The lowest BCUT2D eigenvalue weighted by Crippen LogP contribution is -2.42. The number of thioether (sulfide) groups is 1. The number of rotatable bonds is 10. The third-order valence-corrected chi connectivity index (χ3v) is 8.50. The van der Waals surface area contributed by atoms with Gasteiger partial charge in [0.05, 0.1) is 7.11 Å². The highest BCUT2D eigenvalue weighted by Crippen LogP contribution is 2.37. The number of furan rings is 1. The lowest BCUT2D eigenvalue weighted by molar-refractivity contribution is -0.138. The van der Waals surface area contributed by atoms with E-state index in [-0.39, 0.29) is 5.75 Å². The first-order valence-electron chi connectivity index (χ1n) is 13.9. The van der Waals surface area contributed by atoms with Crippen molar-refractivity contribution in [2.45, 2.75) is 11.8 Å². The second kappa shape index (κ2) is 12.5. The second-order valence-corrected chi connectivity index (χ2v) is 11.2. The number of hydrogen-bond donors (Lipinski definition) is 2. The molecule has 1 atom stereocenters. The normalized spacial score (nSPS) is 11.8. The summed E-state index contributed by atoms with van der Waals surface area (Å²) in [6.07, 6.45) is 0. The maximum absolute atomic E-state index is 12.5. The molecule has 5 aromatic carbocycles. The van der Waals surface area contributed by atoms with Crippen molar-refractivity contribution in [1.29, 1.82) is 0 Å². The maximum atomic E-state index is 12.5. The van der Waals surface area contributed by atoms with Crippen LogP contribution in [0.4, 0.5) is 0 Å². The molecule has 0 unspecified atom stereocenters. The van der Waals surface area contributed by atoms with Gasteiger partial charge in [0.25, 0.3) is 5.91 Å². The Morgan fingerprint density at radius 3 is 2.14 bits per heavy atom. The molecule has 7 heteroatoms. The van der Waals surface area contributed by atoms with Gasteiger partial charge in [0.15, 0.2) is 0 Å². The molecule has 0 saturated carbocycles. The number of carbonyl (C=O) groups excluding carboxylic acids is 1. The number of carboxylic acid groups (broad SMARTS) is 1. The van der Waals surface area contributed by atoms with Gasteiger partial charge in [-0.15, -0.1) is 0 Å². The first-order chi connectivity index (χ1) is 21.0. The standard InChI is InChI=1S/C36H29NO5S/c1-41-28-19-17-27(18-20-28)35(38)37-31(36(39)40)22-43-21-23-9-11-24(12-10-23)25-13-15-26(16-14-25)29-6-4-8-33-34(29)30-5-2-3-7-32(30)42-33/h2-20,31H,21-22H2,1H3,(H,37,38)(H,39,40)/t31-/m0/s1. The summed E-state index contributed by atoms with van der Waals surface area (Å²) in [4.78, 5) is 24.3. The van der Waals surface area contributed by atoms with Crippen LogP contribution in [0.25, 0.3) is 44.2 Å². The Kier molecular flexibility index (Phi) is 8.16. The monoisotopic (exact) mass is 587 g/mol. The van der Waals surface area contributed by atoms with Crippen molar-refractivity contribution in [1.82, 2.24) is 5.32 Å². The highest BCUT2D eigenvalue weighted by molar-refractivity contribution is 7.98. The summed E-state index contributed by atoms with van der Waals surface area (Å²) in [5, 5.41) is 14.5. The van der Waals surface area contributed by atoms with E-state index < -0.39 is 17.9 Å². The molecule has 0 aliphatic heterocycles. The number of aliphatic carboxylic acids is 1. The first kappa shape index (κ1) is 28.1. The molecule has 1 heterocycles. The van der Waals surface area contributed by atoms with Crippen LogP contribution < -0.4 is 10.1 Å². The van der Waals surface area contributed by atoms with Crippen LogP contribution in [0.3, 0.4) is 0 Å². The largest absolute Gasteiger partial charge is 0.497 e. The molecule has 43 heavy (non-hydrogen) atoms. The fourth-order valence-corrected chi connectivity index (χ4v) is 6.11. The zero-order valence-corrected chi connectivity index (χ0v) is 24.3. The smallest absolute Gasteiger partial charge is 0.327 e. The summed E-state index contributed by atoms with van der Waals surface area (Å²) in [6, 6.07) is 36.6. The van der Waals surface area contributed by atoms with Gasteiger partial charge >= 0.3 is 5.97 Å². The van der Waals surface area contributed by atoms with Crippen LogP contribution in [0, 0.1) is 0 Å². The van der Waals surface area contributed by atoms with E-state index in [1.54, 1.807) is 31.4 Å². The van der Waals surface area contributed by atoms with E-state index in [9.17, 15) is 14.7 Å². The fourth-order valence-electron chi connectivity index (χ4n) is 5.10. The van der Waals surface area contributed by atoms with Crippen LogP contribution in [0.2, 0.25) is 0 Å². The molecule has 0 aliphatic rings. The minimum absolute atomic E-state index is 0.249. The Balaban J connectivity index is 1.08. The Morgan fingerprint density at radius 2 is 1.44 bits per heavy atom. The van der Waals surface area contributed by atoms with Crippen LogP contribution in [0.5, 0.6) is 5.75 Å². The molecule has 0 spiro atoms. The van der Waals surface area contributed by atoms with Crippen molar-refractivity contribution in [3.8, 4) is 28.0 Å². The van der Waals surface area contributed by atoms with E-state index >= 15 is 0 Å². The maximum Gasteiger partial charge on any atom is 0.327 e. The lowest BCUT2D eigenvalue weighted by Gasteiger charge is -2.14. The van der Waals surface area contributed by atoms with E-state index in [0.29, 0.717) is 17.1 Å². The van der Waals surface area contributed by atoms with Crippen molar-refractivity contribution in [3.05, 3.63) is 126 Å². The van der Waals surface area contributed by atoms with Crippen molar-refractivity contribution >= 4 is 45.6 Å². The molecule has 6 nitrogen and oxygen atoms in total. The van der Waals surface area contributed by atoms with Crippen LogP contribution in [-0.4, -0.2) is 35.9 Å². The molecular weight excluding hydrogens is 558 g/mol. The lowest BCUT2D eigenvalue weighted by atomic mass is 9.97. The molecule has 2 N–H and O–H groups in total. The van der Waals surface area contributed by atoms with Crippen molar-refractivity contribution in [2.75, 3.05) is 12.9 Å². The molecule has 1 amide bonds. The zero-order chi connectivity index (χ0) is 29.8. The van der Waals surface area contributed by atoms with Gasteiger partial charge in [-0.05, 0) is 64.2 Å². The van der Waals surface area contributed by atoms with Gasteiger partial charge in [0.1, 0.15) is 23.0 Å². The summed E-state index contributed by atoms with van der Waals surface area (Å²) in [5.41, 5.74) is 7.70. The summed E-state index contributed by atoms with van der Waals surface area (Å²) in [5.74, 6) is 0.0108. The number of para-hydroxylation sites is 1. The van der Waals surface area contributed by atoms with Crippen molar-refractivity contribution < 1.29 is 23.8 Å². The molecular formula is C36H29NO5S. The molecule has 0 bridgehead atoms. The average molecular weight is 588 g/mol. The third-order valence-electron chi connectivity index (χ3n) is 7.39. The molecule has 1 aromatic heterocycles. The molecule has 0 radical (unpaired) electrons. The molecule has 6 rings (SSSR count). The number of carboxylic acids is 1. The Labute approximate surface area is 253 Å². The number of benzene rings is 5. The van der Waals surface area contributed by atoms with Gasteiger partial charge in [-0.2, -0.15) is 11.8 Å². The first-order valence-corrected chi connectivity index (χ1v) is 15.0. The number of ether oxygens (including phenoxy) is 1. The van der Waals surface area contributed by atoms with Crippen molar-refractivity contribution in [3.63, 3.8) is 0 Å². The van der Waals surface area contributed by atoms with Crippen molar-refractivity contribution in [2.24, 2.45) is 0 Å². The van der Waals surface area contributed by atoms with Gasteiger partial charge in [-0.25, -0.2) is 4.79 Å². The summed E-state index contributed by atoms with van der Waals surface area (Å²) < 4.78 is 11.2. The number of carbonyl (C=O) groups is 2. The molecule has 0 aliphatic carbocycles. The van der Waals surface area contributed by atoms with Gasteiger partial charge in [0, 0.05) is 27.8 Å². The summed E-state index contributed by atoms with van der Waals surface area (Å²) in [6.45, 7) is 0. The van der Waals surface area contributed by atoms with Crippen LogP contribution >= 0.6 is 11.8 Å². The predicted octanol–water partition coefficient (Wildman–Crippen LogP) is 8.05. The fraction of sp³-hybridized carbons (Fsp3) is 0.111. The minimum Gasteiger partial charge on any atom is -0.497 e. The second-order valence-electron chi connectivity index (χ2n) is 10.2. The van der Waals surface area contributed by atoms with Gasteiger partial charge in [0.2, 0.25) is 0 Å².